The van der Waals surface area contributed by atoms with Gasteiger partial charge in [-0.15, -0.1) is 0 Å². The Balaban J connectivity index is 2.08. The highest BCUT2D eigenvalue weighted by molar-refractivity contribution is 5.95. The minimum absolute atomic E-state index is 0.136. The molecular formula is C18H21NO2. The quantitative estimate of drug-likeness (QED) is 0.902. The third kappa shape index (κ3) is 3.85. The van der Waals surface area contributed by atoms with Crippen molar-refractivity contribution in [1.29, 1.82) is 0 Å². The van der Waals surface area contributed by atoms with Crippen LogP contribution in [0.4, 0.5) is 5.69 Å². The van der Waals surface area contributed by atoms with Gasteiger partial charge in [-0.2, -0.15) is 0 Å². The molecule has 0 spiro atoms. The number of carbonyl (C=O) groups is 1. The van der Waals surface area contributed by atoms with E-state index >= 15 is 0 Å². The first-order valence-corrected chi connectivity index (χ1v) is 7.23. The Hall–Kier alpha value is -2.29. The number of carbonyl (C=O) groups excluding carboxylic acids is 1. The summed E-state index contributed by atoms with van der Waals surface area (Å²) in [6, 6.07) is 15.4. The van der Waals surface area contributed by atoms with Gasteiger partial charge in [0.2, 0.25) is 0 Å². The Morgan fingerprint density at radius 3 is 2.52 bits per heavy atom. The zero-order chi connectivity index (χ0) is 15.2. The van der Waals surface area contributed by atoms with Crippen LogP contribution in [0.15, 0.2) is 48.5 Å². The molecular weight excluding hydrogens is 262 g/mol. The standard InChI is InChI=1S/C18H21NO2/c1-4-15-10-8-9-13(2)17(15)19-18(20)14(3)21-16-11-6-5-7-12-16/h5-12,14H,4H2,1-3H3,(H,19,20)/t14-/m0/s1. The third-order valence-corrected chi connectivity index (χ3v) is 3.41. The lowest BCUT2D eigenvalue weighted by atomic mass is 10.1. The van der Waals surface area contributed by atoms with E-state index in [2.05, 4.69) is 12.2 Å². The minimum atomic E-state index is -0.545. The van der Waals surface area contributed by atoms with Crippen molar-refractivity contribution < 1.29 is 9.53 Å². The SMILES string of the molecule is CCc1cccc(C)c1NC(=O)[C@H](C)Oc1ccccc1. The van der Waals surface area contributed by atoms with Gasteiger partial charge in [-0.05, 0) is 43.5 Å². The van der Waals surface area contributed by atoms with E-state index in [-0.39, 0.29) is 5.91 Å². The predicted octanol–water partition coefficient (Wildman–Crippen LogP) is 3.96. The number of rotatable bonds is 5. The normalized spacial score (nSPS) is 11.8. The molecule has 21 heavy (non-hydrogen) atoms. The second kappa shape index (κ2) is 6.93. The first kappa shape index (κ1) is 15.1. The summed E-state index contributed by atoms with van der Waals surface area (Å²) >= 11 is 0. The zero-order valence-corrected chi connectivity index (χ0v) is 12.7. The number of anilines is 1. The molecule has 0 saturated heterocycles. The van der Waals surface area contributed by atoms with Gasteiger partial charge in [-0.25, -0.2) is 0 Å². The average Bonchev–Trinajstić information content (AvgIpc) is 2.50. The molecule has 1 atom stereocenters. The minimum Gasteiger partial charge on any atom is -0.481 e. The van der Waals surface area contributed by atoms with Crippen LogP contribution in [0.5, 0.6) is 5.75 Å². The van der Waals surface area contributed by atoms with Crippen LogP contribution in [-0.2, 0) is 11.2 Å². The highest BCUT2D eigenvalue weighted by Crippen LogP contribution is 2.21. The number of nitrogens with one attached hydrogen (secondary N) is 1. The van der Waals surface area contributed by atoms with Gasteiger partial charge < -0.3 is 10.1 Å². The largest absolute Gasteiger partial charge is 0.481 e. The van der Waals surface area contributed by atoms with E-state index in [1.807, 2.05) is 55.5 Å². The molecule has 2 aromatic carbocycles. The van der Waals surface area contributed by atoms with Crippen molar-refractivity contribution in [2.75, 3.05) is 5.32 Å². The summed E-state index contributed by atoms with van der Waals surface area (Å²) in [5, 5.41) is 2.99. The lowest BCUT2D eigenvalue weighted by Crippen LogP contribution is -2.30. The zero-order valence-electron chi connectivity index (χ0n) is 12.7. The van der Waals surface area contributed by atoms with Crippen molar-refractivity contribution in [3.8, 4) is 5.75 Å². The van der Waals surface area contributed by atoms with Gasteiger partial charge in [0.1, 0.15) is 5.75 Å². The Morgan fingerprint density at radius 2 is 1.86 bits per heavy atom. The summed E-state index contributed by atoms with van der Waals surface area (Å²) in [6.45, 7) is 5.83. The Morgan fingerprint density at radius 1 is 1.14 bits per heavy atom. The van der Waals surface area contributed by atoms with Crippen LogP contribution >= 0.6 is 0 Å². The van der Waals surface area contributed by atoms with Crippen molar-refractivity contribution in [3.63, 3.8) is 0 Å². The number of hydrogen-bond donors (Lipinski definition) is 1. The van der Waals surface area contributed by atoms with Crippen LogP contribution in [0.25, 0.3) is 0 Å². The van der Waals surface area contributed by atoms with E-state index in [9.17, 15) is 4.79 Å². The van der Waals surface area contributed by atoms with E-state index in [1.165, 1.54) is 0 Å². The molecule has 0 aromatic heterocycles. The summed E-state index contributed by atoms with van der Waals surface area (Å²) in [6.07, 6.45) is 0.335. The number of benzene rings is 2. The highest BCUT2D eigenvalue weighted by atomic mass is 16.5. The van der Waals surface area contributed by atoms with Crippen molar-refractivity contribution in [1.82, 2.24) is 0 Å². The van der Waals surface area contributed by atoms with E-state index in [0.29, 0.717) is 5.75 Å². The second-order valence-corrected chi connectivity index (χ2v) is 5.02. The van der Waals surface area contributed by atoms with Gasteiger partial charge in [0, 0.05) is 5.69 Å². The first-order valence-electron chi connectivity index (χ1n) is 7.23. The van der Waals surface area contributed by atoms with Crippen LogP contribution in [0.3, 0.4) is 0 Å². The van der Waals surface area contributed by atoms with Gasteiger partial charge in [0.15, 0.2) is 6.10 Å². The molecule has 0 saturated carbocycles. The molecule has 3 heteroatoms. The summed E-state index contributed by atoms with van der Waals surface area (Å²) in [5.41, 5.74) is 3.10. The van der Waals surface area contributed by atoms with E-state index < -0.39 is 6.10 Å². The topological polar surface area (TPSA) is 38.3 Å². The molecule has 0 bridgehead atoms. The molecule has 0 heterocycles. The molecule has 0 unspecified atom stereocenters. The molecule has 0 aliphatic carbocycles. The van der Waals surface area contributed by atoms with Gasteiger partial charge in [-0.3, -0.25) is 4.79 Å². The Kier molecular flexibility index (Phi) is 4.99. The Bertz CT molecular complexity index is 608. The molecule has 0 fully saturated rings. The molecule has 110 valence electrons. The molecule has 3 nitrogen and oxygen atoms in total. The summed E-state index contributed by atoms with van der Waals surface area (Å²) < 4.78 is 5.65. The summed E-state index contributed by atoms with van der Waals surface area (Å²) in [5.74, 6) is 0.559. The molecule has 1 amide bonds. The fourth-order valence-corrected chi connectivity index (χ4v) is 2.18. The fraction of sp³-hybridized carbons (Fsp3) is 0.278. The predicted molar refractivity (Wildman–Crippen MR) is 85.7 cm³/mol. The molecule has 2 rings (SSSR count). The second-order valence-electron chi connectivity index (χ2n) is 5.02. The van der Waals surface area contributed by atoms with E-state index in [1.54, 1.807) is 6.92 Å². The van der Waals surface area contributed by atoms with Crippen molar-refractivity contribution in [3.05, 3.63) is 59.7 Å². The summed E-state index contributed by atoms with van der Waals surface area (Å²) in [4.78, 5) is 12.3. The van der Waals surface area contributed by atoms with Gasteiger partial charge >= 0.3 is 0 Å². The number of amides is 1. The molecule has 0 aliphatic rings. The monoisotopic (exact) mass is 283 g/mol. The van der Waals surface area contributed by atoms with Crippen LogP contribution < -0.4 is 10.1 Å². The molecule has 1 N–H and O–H groups in total. The average molecular weight is 283 g/mol. The van der Waals surface area contributed by atoms with Crippen LogP contribution in [0.2, 0.25) is 0 Å². The van der Waals surface area contributed by atoms with E-state index in [0.717, 1.165) is 23.2 Å². The highest BCUT2D eigenvalue weighted by Gasteiger charge is 2.16. The lowest BCUT2D eigenvalue weighted by molar-refractivity contribution is -0.122. The molecule has 0 aliphatic heterocycles. The number of para-hydroxylation sites is 2. The fourth-order valence-electron chi connectivity index (χ4n) is 2.18. The van der Waals surface area contributed by atoms with Crippen LogP contribution in [0, 0.1) is 6.92 Å². The number of aryl methyl sites for hydroxylation is 2. The number of hydrogen-bond acceptors (Lipinski definition) is 2. The maximum Gasteiger partial charge on any atom is 0.265 e. The molecule has 0 radical (unpaired) electrons. The van der Waals surface area contributed by atoms with Crippen LogP contribution in [0.1, 0.15) is 25.0 Å². The van der Waals surface area contributed by atoms with Crippen LogP contribution in [-0.4, -0.2) is 12.0 Å². The van der Waals surface area contributed by atoms with Crippen molar-refractivity contribution in [2.24, 2.45) is 0 Å². The Labute approximate surface area is 126 Å². The number of ether oxygens (including phenoxy) is 1. The first-order chi connectivity index (χ1) is 10.1. The van der Waals surface area contributed by atoms with Gasteiger partial charge in [0.05, 0.1) is 0 Å². The third-order valence-electron chi connectivity index (χ3n) is 3.41. The maximum atomic E-state index is 12.3. The smallest absolute Gasteiger partial charge is 0.265 e. The van der Waals surface area contributed by atoms with Gasteiger partial charge in [-0.1, -0.05) is 43.3 Å². The summed E-state index contributed by atoms with van der Waals surface area (Å²) in [7, 11) is 0. The lowest BCUT2D eigenvalue weighted by Gasteiger charge is -2.17. The van der Waals surface area contributed by atoms with Crippen molar-refractivity contribution in [2.45, 2.75) is 33.3 Å². The van der Waals surface area contributed by atoms with Gasteiger partial charge in [0.25, 0.3) is 5.91 Å². The maximum absolute atomic E-state index is 12.3. The van der Waals surface area contributed by atoms with Crippen molar-refractivity contribution >= 4 is 11.6 Å². The van der Waals surface area contributed by atoms with E-state index in [4.69, 9.17) is 4.74 Å². The molecule has 2 aromatic rings.